The van der Waals surface area contributed by atoms with Gasteiger partial charge < -0.3 is 14.6 Å². The number of carbonyl (C=O) groups is 1. The number of Topliss-reactive ketones (excluding diaryl/α,β-unsaturated/α-hetero) is 1. The lowest BCUT2D eigenvalue weighted by Crippen LogP contribution is -2.62. The molecule has 0 saturated carbocycles. The molecule has 1 N–H and O–H groups in total. The first kappa shape index (κ1) is 25.7. The molecule has 0 amide bonds. The summed E-state index contributed by atoms with van der Waals surface area (Å²) in [5.74, 6) is 0.857. The number of ether oxygens (including phenoxy) is 1. The van der Waals surface area contributed by atoms with Crippen LogP contribution in [0.25, 0.3) is 27.4 Å². The molecule has 1 aromatic carbocycles. The Morgan fingerprint density at radius 2 is 1.88 bits per heavy atom. The van der Waals surface area contributed by atoms with Crippen LogP contribution in [0.5, 0.6) is 0 Å². The van der Waals surface area contributed by atoms with E-state index in [2.05, 4.69) is 63.3 Å². The molecule has 6 aliphatic rings. The van der Waals surface area contributed by atoms with E-state index in [0.29, 0.717) is 30.2 Å². The fraction of sp³-hybridized carbons (Fsp3) is 0.556. The Morgan fingerprint density at radius 3 is 2.86 bits per heavy atom. The Kier molecular flexibility index (Phi) is 5.87. The molecule has 1 spiro atoms. The average Bonchev–Trinajstić information content (AvgIpc) is 3.65. The number of fused-ring (bicyclic) bond motifs is 4. The van der Waals surface area contributed by atoms with Crippen molar-refractivity contribution in [3.63, 3.8) is 0 Å². The van der Waals surface area contributed by atoms with E-state index in [1.807, 2.05) is 6.20 Å². The zero-order valence-electron chi connectivity index (χ0n) is 24.6. The summed E-state index contributed by atoms with van der Waals surface area (Å²) < 4.78 is 7.38. The summed E-state index contributed by atoms with van der Waals surface area (Å²) in [7, 11) is 0. The van der Waals surface area contributed by atoms with Crippen LogP contribution >= 0.6 is 0 Å². The Hall–Kier alpha value is -2.80. The number of aromatic nitrogens is 2. The van der Waals surface area contributed by atoms with Crippen molar-refractivity contribution >= 4 is 33.2 Å². The third kappa shape index (κ3) is 3.67. The molecule has 3 bridgehead atoms. The fourth-order valence-corrected chi connectivity index (χ4v) is 10.3. The van der Waals surface area contributed by atoms with Crippen molar-refractivity contribution < 1.29 is 9.53 Å². The number of rotatable bonds is 1. The average molecular weight is 563 g/mol. The van der Waals surface area contributed by atoms with E-state index < -0.39 is 0 Å². The molecule has 6 heteroatoms. The number of pyridine rings is 1. The van der Waals surface area contributed by atoms with Crippen molar-refractivity contribution in [3.05, 3.63) is 60.5 Å². The SMILES string of the molecule is O=C1CC[C@H]2C[C@]34CN5CCCC/C=C\CC[C@@]6(C=C(c7nccc8c7[nH]c7ccccc78)[C@@H]3CC5)O[C@H](CC1)N2[C@H]46. The van der Waals surface area contributed by atoms with Crippen LogP contribution in [0.3, 0.4) is 0 Å². The van der Waals surface area contributed by atoms with Crippen LogP contribution in [0.15, 0.2) is 54.8 Å². The molecule has 42 heavy (non-hydrogen) atoms. The Bertz CT molecular complexity index is 1620. The molecule has 218 valence electrons. The summed E-state index contributed by atoms with van der Waals surface area (Å²) >= 11 is 0. The zero-order chi connectivity index (χ0) is 27.9. The number of nitrogens with zero attached hydrogens (tertiary/aromatic N) is 3. The van der Waals surface area contributed by atoms with Crippen molar-refractivity contribution in [2.75, 3.05) is 19.6 Å². The molecule has 6 nitrogen and oxygen atoms in total. The van der Waals surface area contributed by atoms with Crippen LogP contribution < -0.4 is 0 Å². The zero-order valence-corrected chi connectivity index (χ0v) is 24.6. The monoisotopic (exact) mass is 562 g/mol. The molecule has 1 unspecified atom stereocenters. The van der Waals surface area contributed by atoms with Gasteiger partial charge in [-0.3, -0.25) is 14.7 Å². The minimum absolute atomic E-state index is 0.0314. The van der Waals surface area contributed by atoms with Crippen LogP contribution in [-0.2, 0) is 9.53 Å². The number of hydrogen-bond acceptors (Lipinski definition) is 5. The predicted octanol–water partition coefficient (Wildman–Crippen LogP) is 6.62. The number of benzene rings is 1. The van der Waals surface area contributed by atoms with Crippen molar-refractivity contribution in [3.8, 4) is 0 Å². The number of aromatic amines is 1. The lowest BCUT2D eigenvalue weighted by Gasteiger charge is -2.56. The maximum atomic E-state index is 12.8. The highest BCUT2D eigenvalue weighted by Gasteiger charge is 2.71. The van der Waals surface area contributed by atoms with E-state index in [4.69, 9.17) is 9.72 Å². The number of ketones is 1. The summed E-state index contributed by atoms with van der Waals surface area (Å²) in [4.78, 5) is 27.4. The number of H-pyrrole nitrogens is 1. The number of para-hydroxylation sites is 1. The van der Waals surface area contributed by atoms with E-state index >= 15 is 0 Å². The Morgan fingerprint density at radius 1 is 0.976 bits per heavy atom. The first-order valence-corrected chi connectivity index (χ1v) is 16.6. The maximum Gasteiger partial charge on any atom is 0.133 e. The van der Waals surface area contributed by atoms with Crippen LogP contribution in [0.4, 0.5) is 0 Å². The summed E-state index contributed by atoms with van der Waals surface area (Å²) in [5, 5.41) is 2.53. The van der Waals surface area contributed by atoms with Crippen molar-refractivity contribution in [1.82, 2.24) is 19.8 Å². The van der Waals surface area contributed by atoms with Crippen LogP contribution in [0.1, 0.15) is 76.3 Å². The molecule has 7 heterocycles. The van der Waals surface area contributed by atoms with E-state index in [9.17, 15) is 4.79 Å². The van der Waals surface area contributed by atoms with Gasteiger partial charge in [0.05, 0.1) is 17.3 Å². The van der Waals surface area contributed by atoms with Crippen molar-refractivity contribution in [1.29, 1.82) is 0 Å². The van der Waals surface area contributed by atoms with Gasteiger partial charge in [0.2, 0.25) is 0 Å². The molecule has 4 saturated heterocycles. The third-order valence-electron chi connectivity index (χ3n) is 11.8. The molecule has 5 aliphatic heterocycles. The highest BCUT2D eigenvalue weighted by Crippen LogP contribution is 2.66. The van der Waals surface area contributed by atoms with Gasteiger partial charge in [-0.2, -0.15) is 0 Å². The number of allylic oxidation sites excluding steroid dienone is 3. The summed E-state index contributed by atoms with van der Waals surface area (Å²) in [6, 6.07) is 11.6. The second kappa shape index (κ2) is 9.60. The van der Waals surface area contributed by atoms with Crippen LogP contribution in [0.2, 0.25) is 0 Å². The predicted molar refractivity (Wildman–Crippen MR) is 166 cm³/mol. The standard InChI is InChI=1S/C36H42N4O2/c41-25-12-11-24-21-35-23-39-19-8-4-2-1-3-7-17-36(34(35)40(24)31(42-36)14-13-25)22-28(29(35)16-20-39)32-33-27(15-18-37-32)26-9-5-6-10-30(26)38-33/h1,3,5-6,9-10,15,18,22,24,29,31,34,38H,2,4,7-8,11-14,16-17,19-21,23H2/b3-1-/t24-,29-,31+,34+,35-,36-/m0/s1. The molecule has 3 aromatic rings. The second-order valence-corrected chi connectivity index (χ2v) is 14.1. The first-order chi connectivity index (χ1) is 20.7. The maximum absolute atomic E-state index is 12.8. The number of carbonyl (C=O) groups excluding carboxylic acids is 1. The summed E-state index contributed by atoms with van der Waals surface area (Å²) in [5.41, 5.74) is 4.62. The largest absolute Gasteiger partial charge is 0.353 e. The minimum Gasteiger partial charge on any atom is -0.353 e. The molecular formula is C36H42N4O2. The number of piperidine rings is 1. The topological polar surface area (TPSA) is 61.5 Å². The van der Waals surface area contributed by atoms with E-state index in [-0.39, 0.29) is 17.2 Å². The Balaban J connectivity index is 1.28. The van der Waals surface area contributed by atoms with Gasteiger partial charge in [-0.25, -0.2) is 0 Å². The van der Waals surface area contributed by atoms with Crippen molar-refractivity contribution in [2.45, 2.75) is 94.5 Å². The second-order valence-electron chi connectivity index (χ2n) is 14.1. The minimum atomic E-state index is -0.365. The van der Waals surface area contributed by atoms with Gasteiger partial charge >= 0.3 is 0 Å². The third-order valence-corrected chi connectivity index (χ3v) is 11.8. The molecule has 2 aromatic heterocycles. The molecule has 9 rings (SSSR count). The normalized spacial score (nSPS) is 39.2. The number of nitrogens with one attached hydrogen (secondary N) is 1. The van der Waals surface area contributed by atoms with Gasteiger partial charge in [-0.15, -0.1) is 0 Å². The molecule has 4 fully saturated rings. The summed E-state index contributed by atoms with van der Waals surface area (Å²) in [6.45, 7) is 3.47. The van der Waals surface area contributed by atoms with Gasteiger partial charge in [-0.1, -0.05) is 30.4 Å². The highest BCUT2D eigenvalue weighted by atomic mass is 16.5. The van der Waals surface area contributed by atoms with Crippen LogP contribution in [-0.4, -0.2) is 69.1 Å². The van der Waals surface area contributed by atoms with Crippen LogP contribution in [0, 0.1) is 11.3 Å². The quantitative estimate of drug-likeness (QED) is 0.338. The van der Waals surface area contributed by atoms with Crippen molar-refractivity contribution in [2.24, 2.45) is 11.3 Å². The first-order valence-electron chi connectivity index (χ1n) is 16.6. The van der Waals surface area contributed by atoms with E-state index in [1.54, 1.807) is 0 Å². The summed E-state index contributed by atoms with van der Waals surface area (Å²) in [6.07, 6.45) is 20.7. The lowest BCUT2D eigenvalue weighted by molar-refractivity contribution is -0.123. The fourth-order valence-electron chi connectivity index (χ4n) is 10.3. The molecule has 7 atom stereocenters. The smallest absolute Gasteiger partial charge is 0.133 e. The lowest BCUT2D eigenvalue weighted by atomic mass is 9.55. The van der Waals surface area contributed by atoms with Gasteiger partial charge in [0.15, 0.2) is 0 Å². The van der Waals surface area contributed by atoms with E-state index in [1.165, 1.54) is 66.0 Å². The van der Waals surface area contributed by atoms with Gasteiger partial charge in [-0.05, 0) is 101 Å². The van der Waals surface area contributed by atoms with Gasteiger partial charge in [0.1, 0.15) is 17.6 Å². The van der Waals surface area contributed by atoms with E-state index in [0.717, 1.165) is 50.9 Å². The highest BCUT2D eigenvalue weighted by molar-refractivity contribution is 6.09. The van der Waals surface area contributed by atoms with Gasteiger partial charge in [0.25, 0.3) is 0 Å². The molecular weight excluding hydrogens is 520 g/mol. The number of hydrogen-bond donors (Lipinski definition) is 1. The van der Waals surface area contributed by atoms with Gasteiger partial charge in [0, 0.05) is 53.3 Å². The molecule has 0 radical (unpaired) electrons. The molecule has 1 aliphatic carbocycles. The Labute approximate surface area is 248 Å².